The Hall–Kier alpha value is -0.870. The lowest BCUT2D eigenvalue weighted by molar-refractivity contribution is 0.593. The summed E-state index contributed by atoms with van der Waals surface area (Å²) in [6.45, 7) is 4.17. The molecule has 17 heavy (non-hydrogen) atoms. The van der Waals surface area contributed by atoms with E-state index in [1.807, 2.05) is 31.2 Å². The van der Waals surface area contributed by atoms with Gasteiger partial charge in [0, 0.05) is 11.7 Å². The molecule has 2 N–H and O–H groups in total. The number of benzene rings is 1. The topological polar surface area (TPSA) is 60.2 Å². The third kappa shape index (κ3) is 2.24. The maximum Gasteiger partial charge on any atom is 0.153 e. The zero-order chi connectivity index (χ0) is 12.6. The Morgan fingerprint density at radius 2 is 1.82 bits per heavy atom. The smallest absolute Gasteiger partial charge is 0.153 e. The van der Waals surface area contributed by atoms with Gasteiger partial charge in [0.25, 0.3) is 0 Å². The van der Waals surface area contributed by atoms with Crippen LogP contribution in [0.5, 0.6) is 0 Å². The standard InChI is InChI=1S/C13H19NO2S/c1-3-17(15,16)13-11(8-14)12(13)10-6-4-9(2)5-7-10/h4-7,11-13H,3,8,14H2,1-2H3/t11-,12+,13+/m1/s1. The van der Waals surface area contributed by atoms with E-state index in [4.69, 9.17) is 5.73 Å². The second-order valence-electron chi connectivity index (χ2n) is 4.75. The molecule has 1 aliphatic carbocycles. The molecule has 0 heterocycles. The Morgan fingerprint density at radius 3 is 2.29 bits per heavy atom. The Bertz CT molecular complexity index is 493. The third-order valence-corrected chi connectivity index (χ3v) is 5.92. The Labute approximate surface area is 103 Å². The third-order valence-electron chi connectivity index (χ3n) is 3.65. The molecule has 94 valence electrons. The van der Waals surface area contributed by atoms with Crippen LogP contribution < -0.4 is 5.73 Å². The van der Waals surface area contributed by atoms with E-state index in [-0.39, 0.29) is 22.8 Å². The molecular weight excluding hydrogens is 234 g/mol. The zero-order valence-electron chi connectivity index (χ0n) is 10.3. The average molecular weight is 253 g/mol. The second-order valence-corrected chi connectivity index (χ2v) is 7.20. The molecule has 4 heteroatoms. The molecule has 0 unspecified atom stereocenters. The van der Waals surface area contributed by atoms with E-state index < -0.39 is 9.84 Å². The SMILES string of the molecule is CCS(=O)(=O)[C@H]1[C@H](CN)[C@@H]1c1ccc(C)cc1. The molecule has 1 aromatic rings. The molecule has 3 nitrogen and oxygen atoms in total. The lowest BCUT2D eigenvalue weighted by Crippen LogP contribution is -2.15. The van der Waals surface area contributed by atoms with Gasteiger partial charge < -0.3 is 5.73 Å². The summed E-state index contributed by atoms with van der Waals surface area (Å²) in [5.74, 6) is 0.407. The van der Waals surface area contributed by atoms with Crippen LogP contribution in [0.3, 0.4) is 0 Å². The van der Waals surface area contributed by atoms with Crippen molar-refractivity contribution in [1.29, 1.82) is 0 Å². The van der Waals surface area contributed by atoms with Crippen LogP contribution in [-0.2, 0) is 9.84 Å². The molecule has 0 spiro atoms. The van der Waals surface area contributed by atoms with E-state index in [2.05, 4.69) is 0 Å². The van der Waals surface area contributed by atoms with Gasteiger partial charge in [-0.05, 0) is 24.9 Å². The summed E-state index contributed by atoms with van der Waals surface area (Å²) in [4.78, 5) is 0. The first kappa shape index (κ1) is 12.6. The van der Waals surface area contributed by atoms with E-state index in [1.54, 1.807) is 6.92 Å². The molecule has 1 aromatic carbocycles. The average Bonchev–Trinajstić information content (AvgIpc) is 3.05. The highest BCUT2D eigenvalue weighted by Crippen LogP contribution is 2.51. The van der Waals surface area contributed by atoms with Gasteiger partial charge in [0.15, 0.2) is 9.84 Å². The summed E-state index contributed by atoms with van der Waals surface area (Å²) in [7, 11) is -2.97. The van der Waals surface area contributed by atoms with Crippen LogP contribution in [0.15, 0.2) is 24.3 Å². The van der Waals surface area contributed by atoms with Crippen molar-refractivity contribution in [3.8, 4) is 0 Å². The number of aryl methyl sites for hydroxylation is 1. The summed E-state index contributed by atoms with van der Waals surface area (Å²) in [6.07, 6.45) is 0. The molecular formula is C13H19NO2S. The van der Waals surface area contributed by atoms with Gasteiger partial charge in [-0.1, -0.05) is 36.8 Å². The van der Waals surface area contributed by atoms with Gasteiger partial charge in [-0.25, -0.2) is 8.42 Å². The first-order valence-electron chi connectivity index (χ1n) is 5.99. The molecule has 3 atom stereocenters. The minimum Gasteiger partial charge on any atom is -0.330 e. The van der Waals surface area contributed by atoms with Crippen molar-refractivity contribution in [2.75, 3.05) is 12.3 Å². The van der Waals surface area contributed by atoms with E-state index in [1.165, 1.54) is 5.56 Å². The summed E-state index contributed by atoms with van der Waals surface area (Å²) in [6, 6.07) is 8.09. The molecule has 0 amide bonds. The zero-order valence-corrected chi connectivity index (χ0v) is 11.1. The van der Waals surface area contributed by atoms with Crippen LogP contribution in [0.2, 0.25) is 0 Å². The predicted octanol–water partition coefficient (Wildman–Crippen LogP) is 1.47. The Balaban J connectivity index is 2.26. The Morgan fingerprint density at radius 1 is 1.24 bits per heavy atom. The first-order valence-corrected chi connectivity index (χ1v) is 7.71. The van der Waals surface area contributed by atoms with Crippen molar-refractivity contribution in [1.82, 2.24) is 0 Å². The van der Waals surface area contributed by atoms with E-state index >= 15 is 0 Å². The van der Waals surface area contributed by atoms with Gasteiger partial charge in [0.1, 0.15) is 0 Å². The van der Waals surface area contributed by atoms with Crippen LogP contribution in [0, 0.1) is 12.8 Å². The minimum absolute atomic E-state index is 0.0997. The molecule has 1 saturated carbocycles. The monoisotopic (exact) mass is 253 g/mol. The lowest BCUT2D eigenvalue weighted by Gasteiger charge is -2.01. The number of sulfone groups is 1. The first-order chi connectivity index (χ1) is 8.01. The number of rotatable bonds is 4. The maximum atomic E-state index is 11.9. The van der Waals surface area contributed by atoms with Crippen molar-refractivity contribution in [3.63, 3.8) is 0 Å². The lowest BCUT2D eigenvalue weighted by atomic mass is 10.1. The highest BCUT2D eigenvalue weighted by Gasteiger charge is 2.56. The van der Waals surface area contributed by atoms with Crippen LogP contribution in [0.25, 0.3) is 0 Å². The highest BCUT2D eigenvalue weighted by molar-refractivity contribution is 7.92. The normalized spacial score (nSPS) is 28.1. The largest absolute Gasteiger partial charge is 0.330 e. The van der Waals surface area contributed by atoms with Crippen LogP contribution >= 0.6 is 0 Å². The summed E-state index contributed by atoms with van der Waals surface area (Å²) in [5, 5.41) is -0.264. The van der Waals surface area contributed by atoms with Crippen LogP contribution in [-0.4, -0.2) is 26.0 Å². The van der Waals surface area contributed by atoms with Gasteiger partial charge in [0.2, 0.25) is 0 Å². The van der Waals surface area contributed by atoms with Crippen molar-refractivity contribution in [2.24, 2.45) is 11.7 Å². The Kier molecular flexibility index (Phi) is 3.27. The van der Waals surface area contributed by atoms with Gasteiger partial charge in [-0.15, -0.1) is 0 Å². The van der Waals surface area contributed by atoms with Gasteiger partial charge in [-0.3, -0.25) is 0 Å². The molecule has 0 aliphatic heterocycles. The van der Waals surface area contributed by atoms with Crippen molar-refractivity contribution >= 4 is 9.84 Å². The van der Waals surface area contributed by atoms with E-state index in [0.717, 1.165) is 5.56 Å². The van der Waals surface area contributed by atoms with Crippen molar-refractivity contribution in [2.45, 2.75) is 25.0 Å². The summed E-state index contributed by atoms with van der Waals surface area (Å²) in [5.41, 5.74) is 7.96. The second kappa shape index (κ2) is 4.42. The number of nitrogens with two attached hydrogens (primary N) is 1. The molecule has 1 aliphatic rings. The number of hydrogen-bond acceptors (Lipinski definition) is 3. The molecule has 1 fully saturated rings. The van der Waals surface area contributed by atoms with Crippen LogP contribution in [0.4, 0.5) is 0 Å². The fraction of sp³-hybridized carbons (Fsp3) is 0.538. The quantitative estimate of drug-likeness (QED) is 0.884. The van der Waals surface area contributed by atoms with Gasteiger partial charge in [0.05, 0.1) is 5.25 Å². The van der Waals surface area contributed by atoms with E-state index in [0.29, 0.717) is 6.54 Å². The minimum atomic E-state index is -2.97. The fourth-order valence-corrected chi connectivity index (χ4v) is 4.44. The van der Waals surface area contributed by atoms with Crippen molar-refractivity contribution in [3.05, 3.63) is 35.4 Å². The predicted molar refractivity (Wildman–Crippen MR) is 69.7 cm³/mol. The van der Waals surface area contributed by atoms with Crippen molar-refractivity contribution < 1.29 is 8.42 Å². The highest BCUT2D eigenvalue weighted by atomic mass is 32.2. The molecule has 0 radical (unpaired) electrons. The molecule has 0 bridgehead atoms. The molecule has 0 saturated heterocycles. The maximum absolute atomic E-state index is 11.9. The van der Waals surface area contributed by atoms with Gasteiger partial charge in [-0.2, -0.15) is 0 Å². The summed E-state index contributed by atoms with van der Waals surface area (Å²) < 4.78 is 23.9. The molecule has 0 aromatic heterocycles. The van der Waals surface area contributed by atoms with Gasteiger partial charge >= 0.3 is 0 Å². The van der Waals surface area contributed by atoms with Crippen LogP contribution in [0.1, 0.15) is 24.0 Å². The molecule has 2 rings (SSSR count). The number of hydrogen-bond donors (Lipinski definition) is 1. The van der Waals surface area contributed by atoms with E-state index in [9.17, 15) is 8.42 Å². The fourth-order valence-electron chi connectivity index (χ4n) is 2.53. The summed E-state index contributed by atoms with van der Waals surface area (Å²) >= 11 is 0.